The first-order chi connectivity index (χ1) is 25.5. The number of rotatable bonds is 41. The summed E-state index contributed by atoms with van der Waals surface area (Å²) >= 11 is 0. The highest BCUT2D eigenvalue weighted by atomic mass is 16.3. The molecular weight excluding hydrogens is 643 g/mol. The Hall–Kier alpha value is -1.43. The van der Waals surface area contributed by atoms with Gasteiger partial charge in [0.25, 0.3) is 0 Å². The fraction of sp³-hybridized carbons (Fsp3) is 0.851. The standard InChI is InChI=1S/C47H89NO4/c1-3-5-7-9-11-13-15-17-19-20-21-22-23-24-25-27-29-31-33-35-37-39-41-46(51)45(43-49)48-47(52)42-44(50)40-38-36-34-32-30-28-26-18-16-14-12-10-8-6-4-2/h24-25,31,33,39,41,44-46,49-51H,3-23,26-30,32,34-38,40,42-43H2,1-2H3,(H,48,52)/b25-24+,33-31+,41-39+. The van der Waals surface area contributed by atoms with Crippen LogP contribution in [0.1, 0.15) is 232 Å². The predicted molar refractivity (Wildman–Crippen MR) is 227 cm³/mol. The van der Waals surface area contributed by atoms with Gasteiger partial charge in [0.1, 0.15) is 0 Å². The summed E-state index contributed by atoms with van der Waals surface area (Å²) in [7, 11) is 0. The summed E-state index contributed by atoms with van der Waals surface area (Å²) in [4.78, 5) is 12.4. The Labute approximate surface area is 324 Å². The molecule has 0 aliphatic carbocycles. The van der Waals surface area contributed by atoms with Crippen molar-refractivity contribution in [3.05, 3.63) is 36.5 Å². The van der Waals surface area contributed by atoms with E-state index in [9.17, 15) is 20.1 Å². The second-order valence-corrected chi connectivity index (χ2v) is 15.6. The quantitative estimate of drug-likeness (QED) is 0.0372. The van der Waals surface area contributed by atoms with E-state index in [1.54, 1.807) is 6.08 Å². The van der Waals surface area contributed by atoms with Gasteiger partial charge >= 0.3 is 0 Å². The molecule has 0 heterocycles. The highest BCUT2D eigenvalue weighted by molar-refractivity contribution is 5.76. The molecule has 306 valence electrons. The zero-order valence-corrected chi connectivity index (χ0v) is 34.7. The van der Waals surface area contributed by atoms with Gasteiger partial charge in [0.05, 0.1) is 31.3 Å². The zero-order valence-electron chi connectivity index (χ0n) is 34.7. The minimum Gasteiger partial charge on any atom is -0.394 e. The number of allylic oxidation sites excluding steroid dienone is 5. The van der Waals surface area contributed by atoms with Gasteiger partial charge in [0, 0.05) is 0 Å². The smallest absolute Gasteiger partial charge is 0.222 e. The van der Waals surface area contributed by atoms with Crippen LogP contribution < -0.4 is 5.32 Å². The van der Waals surface area contributed by atoms with Crippen molar-refractivity contribution in [3.8, 4) is 0 Å². The molecule has 0 rings (SSSR count). The van der Waals surface area contributed by atoms with Crippen LogP contribution in [0.3, 0.4) is 0 Å². The van der Waals surface area contributed by atoms with Crippen LogP contribution in [0.5, 0.6) is 0 Å². The third-order valence-electron chi connectivity index (χ3n) is 10.4. The van der Waals surface area contributed by atoms with Gasteiger partial charge in [-0.05, 0) is 44.9 Å². The summed E-state index contributed by atoms with van der Waals surface area (Å²) in [5, 5.41) is 33.2. The molecule has 0 fully saturated rings. The fourth-order valence-corrected chi connectivity index (χ4v) is 6.90. The SMILES string of the molecule is CCCCCCCCCCCCCC/C=C/CC/C=C/CC/C=C/C(O)C(CO)NC(=O)CC(O)CCCCCCCCCCCCCCCCC. The molecule has 0 aliphatic heterocycles. The molecular formula is C47H89NO4. The van der Waals surface area contributed by atoms with Crippen LogP contribution in [0.15, 0.2) is 36.5 Å². The van der Waals surface area contributed by atoms with E-state index in [0.29, 0.717) is 6.42 Å². The van der Waals surface area contributed by atoms with E-state index in [4.69, 9.17) is 0 Å². The Morgan fingerprint density at radius 3 is 1.23 bits per heavy atom. The Bertz CT molecular complexity index is 809. The van der Waals surface area contributed by atoms with Gasteiger partial charge in [-0.1, -0.05) is 217 Å². The minimum absolute atomic E-state index is 0.00488. The molecule has 5 heteroatoms. The topological polar surface area (TPSA) is 89.8 Å². The average Bonchev–Trinajstić information content (AvgIpc) is 3.14. The largest absolute Gasteiger partial charge is 0.394 e. The molecule has 52 heavy (non-hydrogen) atoms. The van der Waals surface area contributed by atoms with Crippen molar-refractivity contribution in [2.45, 2.75) is 250 Å². The first-order valence-electron chi connectivity index (χ1n) is 22.8. The van der Waals surface area contributed by atoms with Gasteiger partial charge in [0.15, 0.2) is 0 Å². The van der Waals surface area contributed by atoms with E-state index in [2.05, 4.69) is 43.5 Å². The molecule has 1 amide bonds. The molecule has 5 nitrogen and oxygen atoms in total. The van der Waals surface area contributed by atoms with Crippen molar-refractivity contribution in [1.82, 2.24) is 5.32 Å². The van der Waals surface area contributed by atoms with Crippen molar-refractivity contribution in [2.75, 3.05) is 6.61 Å². The number of aliphatic hydroxyl groups is 3. The van der Waals surface area contributed by atoms with Crippen molar-refractivity contribution in [3.63, 3.8) is 0 Å². The van der Waals surface area contributed by atoms with E-state index >= 15 is 0 Å². The van der Waals surface area contributed by atoms with Gasteiger partial charge in [-0.3, -0.25) is 4.79 Å². The van der Waals surface area contributed by atoms with Gasteiger partial charge < -0.3 is 20.6 Å². The van der Waals surface area contributed by atoms with E-state index < -0.39 is 18.2 Å². The van der Waals surface area contributed by atoms with Crippen LogP contribution in [0.4, 0.5) is 0 Å². The molecule has 3 atom stereocenters. The highest BCUT2D eigenvalue weighted by Gasteiger charge is 2.20. The second-order valence-electron chi connectivity index (χ2n) is 15.6. The number of unbranched alkanes of at least 4 members (excludes halogenated alkanes) is 28. The molecule has 0 aromatic carbocycles. The molecule has 0 aliphatic rings. The summed E-state index contributed by atoms with van der Waals surface area (Å²) in [6.07, 6.45) is 52.9. The number of hydrogen-bond acceptors (Lipinski definition) is 4. The number of amides is 1. The molecule has 0 aromatic heterocycles. The van der Waals surface area contributed by atoms with Crippen LogP contribution in [0.25, 0.3) is 0 Å². The van der Waals surface area contributed by atoms with E-state index in [1.807, 2.05) is 6.08 Å². The van der Waals surface area contributed by atoms with Gasteiger partial charge in [-0.25, -0.2) is 0 Å². The molecule has 0 saturated carbocycles. The maximum absolute atomic E-state index is 12.4. The van der Waals surface area contributed by atoms with Crippen molar-refractivity contribution >= 4 is 5.91 Å². The Kier molecular flexibility index (Phi) is 41.1. The molecule has 3 unspecified atom stereocenters. The van der Waals surface area contributed by atoms with E-state index in [-0.39, 0.29) is 18.9 Å². The van der Waals surface area contributed by atoms with Crippen molar-refractivity contribution < 1.29 is 20.1 Å². The lowest BCUT2D eigenvalue weighted by Gasteiger charge is -2.21. The Morgan fingerprint density at radius 2 is 0.827 bits per heavy atom. The number of carbonyl (C=O) groups excluding carboxylic acids is 1. The van der Waals surface area contributed by atoms with Crippen LogP contribution >= 0.6 is 0 Å². The average molecular weight is 732 g/mol. The molecule has 0 saturated heterocycles. The first kappa shape index (κ1) is 50.6. The minimum atomic E-state index is -0.958. The van der Waals surface area contributed by atoms with Gasteiger partial charge in [0.2, 0.25) is 5.91 Å². The van der Waals surface area contributed by atoms with Gasteiger partial charge in [-0.15, -0.1) is 0 Å². The number of aliphatic hydroxyl groups excluding tert-OH is 3. The maximum Gasteiger partial charge on any atom is 0.222 e. The fourth-order valence-electron chi connectivity index (χ4n) is 6.90. The lowest BCUT2D eigenvalue weighted by Crippen LogP contribution is -2.45. The second kappa shape index (κ2) is 42.3. The first-order valence-corrected chi connectivity index (χ1v) is 22.8. The summed E-state index contributed by atoms with van der Waals surface area (Å²) in [6.45, 7) is 4.20. The summed E-state index contributed by atoms with van der Waals surface area (Å²) in [5.74, 6) is -0.328. The Morgan fingerprint density at radius 1 is 0.481 bits per heavy atom. The summed E-state index contributed by atoms with van der Waals surface area (Å²) in [5.41, 5.74) is 0. The van der Waals surface area contributed by atoms with Crippen LogP contribution in [0, 0.1) is 0 Å². The molecule has 0 radical (unpaired) electrons. The number of nitrogens with one attached hydrogen (secondary N) is 1. The van der Waals surface area contributed by atoms with Crippen LogP contribution in [-0.2, 0) is 4.79 Å². The summed E-state index contributed by atoms with van der Waals surface area (Å²) < 4.78 is 0. The molecule has 0 aromatic rings. The van der Waals surface area contributed by atoms with E-state index in [1.165, 1.54) is 167 Å². The van der Waals surface area contributed by atoms with Crippen molar-refractivity contribution in [1.29, 1.82) is 0 Å². The lowest BCUT2D eigenvalue weighted by atomic mass is 10.0. The molecule has 0 spiro atoms. The molecule has 0 bridgehead atoms. The van der Waals surface area contributed by atoms with Gasteiger partial charge in [-0.2, -0.15) is 0 Å². The van der Waals surface area contributed by atoms with Crippen LogP contribution in [0.2, 0.25) is 0 Å². The summed E-state index contributed by atoms with van der Waals surface area (Å²) in [6, 6.07) is -0.765. The number of hydrogen-bond donors (Lipinski definition) is 4. The molecule has 4 N–H and O–H groups in total. The predicted octanol–water partition coefficient (Wildman–Crippen LogP) is 13.2. The third-order valence-corrected chi connectivity index (χ3v) is 10.4. The third kappa shape index (κ3) is 38.3. The normalized spacial score (nSPS) is 13.9. The number of carbonyl (C=O) groups is 1. The Balaban J connectivity index is 3.72. The van der Waals surface area contributed by atoms with E-state index in [0.717, 1.165) is 38.5 Å². The van der Waals surface area contributed by atoms with Crippen molar-refractivity contribution in [2.24, 2.45) is 0 Å². The monoisotopic (exact) mass is 732 g/mol. The zero-order chi connectivity index (χ0) is 38.0. The lowest BCUT2D eigenvalue weighted by molar-refractivity contribution is -0.124. The highest BCUT2D eigenvalue weighted by Crippen LogP contribution is 2.15. The maximum atomic E-state index is 12.4. The van der Waals surface area contributed by atoms with Crippen LogP contribution in [-0.4, -0.2) is 46.1 Å².